The molecule has 0 amide bonds. The molecule has 2 aromatic heterocycles. The number of benzene rings is 3. The summed E-state index contributed by atoms with van der Waals surface area (Å²) in [5, 5.41) is 12.0. The van der Waals surface area contributed by atoms with E-state index in [1.165, 1.54) is 17.4 Å². The lowest BCUT2D eigenvalue weighted by Gasteiger charge is -2.36. The molecule has 3 aromatic carbocycles. The van der Waals surface area contributed by atoms with Crippen molar-refractivity contribution < 1.29 is 13.9 Å². The molecule has 1 saturated heterocycles. The Bertz CT molecular complexity index is 1570. The number of hydrogen-bond donors (Lipinski definition) is 1. The number of thiazole rings is 1. The summed E-state index contributed by atoms with van der Waals surface area (Å²) in [6.07, 6.45) is 0. The Hall–Kier alpha value is -3.75. The van der Waals surface area contributed by atoms with Crippen LogP contribution in [0, 0.1) is 5.82 Å². The van der Waals surface area contributed by atoms with E-state index < -0.39 is 5.63 Å². The van der Waals surface area contributed by atoms with Crippen molar-refractivity contribution in [2.45, 2.75) is 6.54 Å². The highest BCUT2D eigenvalue weighted by atomic mass is 32.1. The standard InChI is InChI=1S/C27H22FN3O3S/c28-20-5-1-3-7-22(20)31-13-11-30(12-14-31)16-19-23(32)10-9-17-15-18(27(33)34-25(17)19)26-29-21-6-2-4-8-24(21)35-26/h1-10,15,32H,11-14,16H2. The number of anilines is 1. The van der Waals surface area contributed by atoms with Crippen molar-refractivity contribution in [3.63, 3.8) is 0 Å². The van der Waals surface area contributed by atoms with Gasteiger partial charge in [-0.1, -0.05) is 24.3 Å². The van der Waals surface area contributed by atoms with Gasteiger partial charge in [0.2, 0.25) is 0 Å². The van der Waals surface area contributed by atoms with Crippen LogP contribution in [0.25, 0.3) is 31.8 Å². The topological polar surface area (TPSA) is 69.8 Å². The average Bonchev–Trinajstić information content (AvgIpc) is 3.30. The molecular formula is C27H22FN3O3S. The van der Waals surface area contributed by atoms with Gasteiger partial charge in [-0.05, 0) is 42.5 Å². The number of aromatic hydroxyl groups is 1. The van der Waals surface area contributed by atoms with Crippen molar-refractivity contribution in [1.29, 1.82) is 0 Å². The van der Waals surface area contributed by atoms with Crippen molar-refractivity contribution in [3.8, 4) is 16.3 Å². The number of nitrogens with zero attached hydrogens (tertiary/aromatic N) is 3. The molecule has 0 radical (unpaired) electrons. The maximum Gasteiger partial charge on any atom is 0.346 e. The van der Waals surface area contributed by atoms with Crippen molar-refractivity contribution in [1.82, 2.24) is 9.88 Å². The molecule has 0 unspecified atom stereocenters. The molecule has 1 N–H and O–H groups in total. The largest absolute Gasteiger partial charge is 0.507 e. The molecule has 0 aliphatic carbocycles. The Balaban J connectivity index is 1.28. The lowest BCUT2D eigenvalue weighted by molar-refractivity contribution is 0.246. The predicted molar refractivity (Wildman–Crippen MR) is 137 cm³/mol. The molecular weight excluding hydrogens is 465 g/mol. The fourth-order valence-corrected chi connectivity index (χ4v) is 5.57. The van der Waals surface area contributed by atoms with Crippen molar-refractivity contribution >= 4 is 38.2 Å². The third-order valence-corrected chi connectivity index (χ3v) is 7.52. The van der Waals surface area contributed by atoms with Gasteiger partial charge in [0.1, 0.15) is 22.2 Å². The highest BCUT2D eigenvalue weighted by molar-refractivity contribution is 7.21. The molecule has 6 rings (SSSR count). The monoisotopic (exact) mass is 487 g/mol. The lowest BCUT2D eigenvalue weighted by atomic mass is 10.1. The summed E-state index contributed by atoms with van der Waals surface area (Å²) >= 11 is 1.45. The summed E-state index contributed by atoms with van der Waals surface area (Å²) < 4.78 is 20.9. The molecule has 6 nitrogen and oxygen atoms in total. The average molecular weight is 488 g/mol. The molecule has 1 fully saturated rings. The summed E-state index contributed by atoms with van der Waals surface area (Å²) in [5.41, 5.74) is 2.34. The van der Waals surface area contributed by atoms with Crippen molar-refractivity contribution in [2.24, 2.45) is 0 Å². The van der Waals surface area contributed by atoms with E-state index in [1.807, 2.05) is 35.2 Å². The first kappa shape index (κ1) is 21.8. The van der Waals surface area contributed by atoms with E-state index in [0.29, 0.717) is 60.1 Å². The summed E-state index contributed by atoms with van der Waals surface area (Å²) in [5.74, 6) is -0.136. The number of phenols is 1. The van der Waals surface area contributed by atoms with Crippen molar-refractivity contribution in [2.75, 3.05) is 31.1 Å². The number of aromatic nitrogens is 1. The van der Waals surface area contributed by atoms with Crippen molar-refractivity contribution in [3.05, 3.63) is 88.5 Å². The zero-order valence-electron chi connectivity index (χ0n) is 18.8. The Labute approximate surface area is 204 Å². The number of para-hydroxylation sites is 2. The van der Waals surface area contributed by atoms with Gasteiger partial charge in [0.15, 0.2) is 0 Å². The second kappa shape index (κ2) is 8.79. The fraction of sp³-hybridized carbons (Fsp3) is 0.185. The molecule has 3 heterocycles. The first-order chi connectivity index (χ1) is 17.1. The van der Waals surface area contributed by atoms with Gasteiger partial charge >= 0.3 is 5.63 Å². The Morgan fingerprint density at radius 3 is 2.57 bits per heavy atom. The van der Waals surface area contributed by atoms with Crippen LogP contribution >= 0.6 is 11.3 Å². The minimum atomic E-state index is -0.479. The zero-order valence-corrected chi connectivity index (χ0v) is 19.6. The molecule has 35 heavy (non-hydrogen) atoms. The fourth-order valence-electron chi connectivity index (χ4n) is 4.60. The van der Waals surface area contributed by atoms with E-state index in [2.05, 4.69) is 9.88 Å². The van der Waals surface area contributed by atoms with Gasteiger partial charge in [-0.25, -0.2) is 14.2 Å². The molecule has 0 bridgehead atoms. The SMILES string of the molecule is O=c1oc2c(CN3CCN(c4ccccc4F)CC3)c(O)ccc2cc1-c1nc2ccccc2s1. The van der Waals surface area contributed by atoms with Crippen LogP contribution in [-0.2, 0) is 6.54 Å². The zero-order chi connectivity index (χ0) is 23.9. The summed E-state index contributed by atoms with van der Waals surface area (Å²) in [6.45, 7) is 3.14. The van der Waals surface area contributed by atoms with Gasteiger partial charge in [0.05, 0.1) is 27.0 Å². The Morgan fingerprint density at radius 2 is 1.77 bits per heavy atom. The normalized spacial score (nSPS) is 14.7. The van der Waals surface area contributed by atoms with Crippen LogP contribution in [0.5, 0.6) is 5.75 Å². The number of halogens is 1. The second-order valence-electron chi connectivity index (χ2n) is 8.63. The van der Waals surface area contributed by atoms with Crippen LogP contribution in [0.2, 0.25) is 0 Å². The molecule has 0 spiro atoms. The van der Waals surface area contributed by atoms with Gasteiger partial charge in [-0.15, -0.1) is 11.3 Å². The molecule has 0 atom stereocenters. The highest BCUT2D eigenvalue weighted by Crippen LogP contribution is 2.33. The van der Waals surface area contributed by atoms with E-state index in [1.54, 1.807) is 30.3 Å². The molecule has 8 heteroatoms. The number of piperazine rings is 1. The van der Waals surface area contributed by atoms with Gasteiger partial charge in [0.25, 0.3) is 0 Å². The van der Waals surface area contributed by atoms with Crippen LogP contribution in [0.1, 0.15) is 5.56 Å². The first-order valence-electron chi connectivity index (χ1n) is 11.4. The summed E-state index contributed by atoms with van der Waals surface area (Å²) in [4.78, 5) is 21.8. The third-order valence-electron chi connectivity index (χ3n) is 6.45. The number of hydrogen-bond acceptors (Lipinski definition) is 7. The maximum absolute atomic E-state index is 14.2. The molecule has 176 valence electrons. The van der Waals surface area contributed by atoms with E-state index >= 15 is 0 Å². The quantitative estimate of drug-likeness (QED) is 0.350. The maximum atomic E-state index is 14.2. The van der Waals surface area contributed by atoms with Crippen LogP contribution < -0.4 is 10.5 Å². The summed E-state index contributed by atoms with van der Waals surface area (Å²) in [6, 6.07) is 19.7. The van der Waals surface area contributed by atoms with E-state index in [4.69, 9.17) is 4.42 Å². The number of fused-ring (bicyclic) bond motifs is 2. The summed E-state index contributed by atoms with van der Waals surface area (Å²) in [7, 11) is 0. The highest BCUT2D eigenvalue weighted by Gasteiger charge is 2.22. The van der Waals surface area contributed by atoms with E-state index in [-0.39, 0.29) is 11.6 Å². The van der Waals surface area contributed by atoms with E-state index in [9.17, 15) is 14.3 Å². The van der Waals surface area contributed by atoms with Crippen LogP contribution in [0.3, 0.4) is 0 Å². The Kier molecular flexibility index (Phi) is 5.47. The lowest BCUT2D eigenvalue weighted by Crippen LogP contribution is -2.46. The van der Waals surface area contributed by atoms with Gasteiger partial charge in [-0.2, -0.15) is 0 Å². The second-order valence-corrected chi connectivity index (χ2v) is 9.66. The van der Waals surface area contributed by atoms with Gasteiger partial charge < -0.3 is 14.4 Å². The van der Waals surface area contributed by atoms with E-state index in [0.717, 1.165) is 15.6 Å². The number of rotatable bonds is 4. The first-order valence-corrected chi connectivity index (χ1v) is 12.2. The molecule has 1 aliphatic rings. The van der Waals surface area contributed by atoms with Gasteiger partial charge in [0, 0.05) is 38.1 Å². The Morgan fingerprint density at radius 1 is 1.00 bits per heavy atom. The molecule has 1 aliphatic heterocycles. The van der Waals surface area contributed by atoms with Crippen LogP contribution in [0.4, 0.5) is 10.1 Å². The third kappa shape index (κ3) is 4.05. The number of phenolic OH excluding ortho intramolecular Hbond substituents is 1. The smallest absolute Gasteiger partial charge is 0.346 e. The predicted octanol–water partition coefficient (Wildman–Crippen LogP) is 5.24. The minimum absolute atomic E-state index is 0.0879. The van der Waals surface area contributed by atoms with Crippen LogP contribution in [0.15, 0.2) is 75.9 Å². The van der Waals surface area contributed by atoms with Crippen LogP contribution in [-0.4, -0.2) is 41.2 Å². The molecule has 0 saturated carbocycles. The minimum Gasteiger partial charge on any atom is -0.507 e. The van der Waals surface area contributed by atoms with Gasteiger partial charge in [-0.3, -0.25) is 4.90 Å². The molecule has 5 aromatic rings.